The van der Waals surface area contributed by atoms with Crippen LogP contribution >= 0.6 is 0 Å². The number of nitrogens with zero attached hydrogens (tertiary/aromatic N) is 3. The van der Waals surface area contributed by atoms with Gasteiger partial charge in [-0.25, -0.2) is 4.39 Å². The molecular weight excluding hydrogens is 285 g/mol. The minimum absolute atomic E-state index is 0.0391. The first kappa shape index (κ1) is 14.6. The van der Waals surface area contributed by atoms with Gasteiger partial charge >= 0.3 is 0 Å². The van der Waals surface area contributed by atoms with E-state index in [1.165, 1.54) is 12.1 Å². The summed E-state index contributed by atoms with van der Waals surface area (Å²) >= 11 is 0. The van der Waals surface area contributed by atoms with E-state index < -0.39 is 0 Å². The van der Waals surface area contributed by atoms with Crippen LogP contribution in [0.3, 0.4) is 0 Å². The van der Waals surface area contributed by atoms with E-state index in [1.807, 2.05) is 0 Å². The highest BCUT2D eigenvalue weighted by Crippen LogP contribution is 2.20. The number of morpholine rings is 1. The molecule has 1 atom stereocenters. The summed E-state index contributed by atoms with van der Waals surface area (Å²) in [6.07, 6.45) is 4.76. The lowest BCUT2D eigenvalue weighted by molar-refractivity contribution is -0.138. The zero-order chi connectivity index (χ0) is 15.4. The SMILES string of the molecule is O=C(Cc1cccc(F)c1)N1CCO[C@H](c2cnccn2)C1. The third-order valence-corrected chi connectivity index (χ3v) is 3.58. The molecule has 6 heteroatoms. The van der Waals surface area contributed by atoms with Gasteiger partial charge in [0.15, 0.2) is 0 Å². The highest BCUT2D eigenvalue weighted by atomic mass is 19.1. The average molecular weight is 301 g/mol. The van der Waals surface area contributed by atoms with E-state index >= 15 is 0 Å². The standard InChI is InChI=1S/C16H16FN3O2/c17-13-3-1-2-12(8-13)9-16(21)20-6-7-22-15(11-20)14-10-18-4-5-19-14/h1-5,8,10,15H,6-7,9,11H2/t15-/m0/s1. The van der Waals surface area contributed by atoms with Crippen LogP contribution in [0, 0.1) is 5.82 Å². The number of halogens is 1. The number of ether oxygens (including phenoxy) is 1. The van der Waals surface area contributed by atoms with Gasteiger partial charge in [-0.1, -0.05) is 12.1 Å². The molecule has 1 aliphatic heterocycles. The van der Waals surface area contributed by atoms with E-state index in [4.69, 9.17) is 4.74 Å². The van der Waals surface area contributed by atoms with E-state index in [0.29, 0.717) is 31.0 Å². The summed E-state index contributed by atoms with van der Waals surface area (Å²) in [4.78, 5) is 22.3. The minimum atomic E-state index is -0.329. The summed E-state index contributed by atoms with van der Waals surface area (Å²) in [5, 5.41) is 0. The minimum Gasteiger partial charge on any atom is -0.368 e. The lowest BCUT2D eigenvalue weighted by atomic mass is 10.1. The topological polar surface area (TPSA) is 55.3 Å². The summed E-state index contributed by atoms with van der Waals surface area (Å²) in [7, 11) is 0. The highest BCUT2D eigenvalue weighted by Gasteiger charge is 2.26. The predicted octanol–water partition coefficient (Wildman–Crippen LogP) is 1.76. The van der Waals surface area contributed by atoms with Crippen LogP contribution in [0.5, 0.6) is 0 Å². The lowest BCUT2D eigenvalue weighted by Crippen LogP contribution is -2.43. The Morgan fingerprint density at radius 2 is 2.32 bits per heavy atom. The number of benzene rings is 1. The number of rotatable bonds is 3. The predicted molar refractivity (Wildman–Crippen MR) is 77.4 cm³/mol. The summed E-state index contributed by atoms with van der Waals surface area (Å²) in [6.45, 7) is 1.42. The maximum Gasteiger partial charge on any atom is 0.227 e. The molecule has 2 heterocycles. The number of hydrogen-bond acceptors (Lipinski definition) is 4. The Hall–Kier alpha value is -2.34. The van der Waals surface area contributed by atoms with Crippen molar-refractivity contribution in [3.05, 3.63) is 59.9 Å². The average Bonchev–Trinajstić information content (AvgIpc) is 2.56. The van der Waals surface area contributed by atoms with Crippen LogP contribution in [-0.4, -0.2) is 40.5 Å². The molecule has 114 valence electrons. The summed E-state index contributed by atoms with van der Waals surface area (Å²) < 4.78 is 18.8. The Balaban J connectivity index is 1.65. The molecule has 0 N–H and O–H groups in total. The van der Waals surface area contributed by atoms with Gasteiger partial charge in [-0.15, -0.1) is 0 Å². The van der Waals surface area contributed by atoms with Gasteiger partial charge in [-0.2, -0.15) is 0 Å². The van der Waals surface area contributed by atoms with Gasteiger partial charge in [0.05, 0.1) is 31.5 Å². The third kappa shape index (κ3) is 3.46. The van der Waals surface area contributed by atoms with Gasteiger partial charge in [0.2, 0.25) is 5.91 Å². The first-order valence-electron chi connectivity index (χ1n) is 7.12. The molecule has 1 fully saturated rings. The second kappa shape index (κ2) is 6.62. The smallest absolute Gasteiger partial charge is 0.227 e. The fraction of sp³-hybridized carbons (Fsp3) is 0.312. The van der Waals surface area contributed by atoms with Crippen molar-refractivity contribution in [2.45, 2.75) is 12.5 Å². The molecule has 3 rings (SSSR count). The second-order valence-corrected chi connectivity index (χ2v) is 5.14. The molecule has 0 saturated carbocycles. The lowest BCUT2D eigenvalue weighted by Gasteiger charge is -2.32. The third-order valence-electron chi connectivity index (χ3n) is 3.58. The largest absolute Gasteiger partial charge is 0.368 e. The Morgan fingerprint density at radius 3 is 3.09 bits per heavy atom. The van der Waals surface area contributed by atoms with E-state index in [1.54, 1.807) is 35.6 Å². The molecule has 0 radical (unpaired) electrons. The number of aromatic nitrogens is 2. The van der Waals surface area contributed by atoms with E-state index in [0.717, 1.165) is 0 Å². The van der Waals surface area contributed by atoms with Crippen LogP contribution in [0.25, 0.3) is 0 Å². The van der Waals surface area contributed by atoms with Crippen molar-refractivity contribution >= 4 is 5.91 Å². The van der Waals surface area contributed by atoms with Gasteiger partial charge in [-0.05, 0) is 17.7 Å². The zero-order valence-electron chi connectivity index (χ0n) is 12.0. The number of hydrogen-bond donors (Lipinski definition) is 0. The Bertz CT molecular complexity index is 651. The molecule has 0 unspecified atom stereocenters. The van der Waals surface area contributed by atoms with Gasteiger partial charge in [0, 0.05) is 18.9 Å². The number of carbonyl (C=O) groups excluding carboxylic acids is 1. The molecule has 22 heavy (non-hydrogen) atoms. The normalized spacial score (nSPS) is 18.2. The Kier molecular flexibility index (Phi) is 4.39. The van der Waals surface area contributed by atoms with Crippen LogP contribution in [0.4, 0.5) is 4.39 Å². The van der Waals surface area contributed by atoms with Crippen molar-refractivity contribution < 1.29 is 13.9 Å². The molecule has 0 bridgehead atoms. The maximum absolute atomic E-state index is 13.2. The van der Waals surface area contributed by atoms with Crippen molar-refractivity contribution in [3.8, 4) is 0 Å². The van der Waals surface area contributed by atoms with E-state index in [2.05, 4.69) is 9.97 Å². The molecule has 1 saturated heterocycles. The number of amides is 1. The van der Waals surface area contributed by atoms with Gasteiger partial charge in [-0.3, -0.25) is 14.8 Å². The molecule has 5 nitrogen and oxygen atoms in total. The highest BCUT2D eigenvalue weighted by molar-refractivity contribution is 5.78. The first-order valence-corrected chi connectivity index (χ1v) is 7.12. The molecule has 0 spiro atoms. The molecule has 2 aromatic rings. The summed E-state index contributed by atoms with van der Waals surface area (Å²) in [6, 6.07) is 6.12. The zero-order valence-corrected chi connectivity index (χ0v) is 12.0. The van der Waals surface area contributed by atoms with Crippen molar-refractivity contribution in [3.63, 3.8) is 0 Å². The van der Waals surface area contributed by atoms with Crippen LogP contribution in [0.1, 0.15) is 17.4 Å². The van der Waals surface area contributed by atoms with Gasteiger partial charge in [0.1, 0.15) is 11.9 Å². The van der Waals surface area contributed by atoms with Crippen LogP contribution < -0.4 is 0 Å². The molecule has 1 aromatic heterocycles. The van der Waals surface area contributed by atoms with Crippen molar-refractivity contribution in [1.29, 1.82) is 0 Å². The monoisotopic (exact) mass is 301 g/mol. The number of carbonyl (C=O) groups is 1. The molecular formula is C16H16FN3O2. The molecule has 0 aliphatic carbocycles. The van der Waals surface area contributed by atoms with E-state index in [-0.39, 0.29) is 24.2 Å². The van der Waals surface area contributed by atoms with Gasteiger partial charge in [0.25, 0.3) is 0 Å². The quantitative estimate of drug-likeness (QED) is 0.867. The van der Waals surface area contributed by atoms with Crippen molar-refractivity contribution in [2.24, 2.45) is 0 Å². The molecule has 1 amide bonds. The molecule has 1 aliphatic rings. The maximum atomic E-state index is 13.2. The van der Waals surface area contributed by atoms with Crippen LogP contribution in [0.2, 0.25) is 0 Å². The second-order valence-electron chi connectivity index (χ2n) is 5.14. The summed E-state index contributed by atoms with van der Waals surface area (Å²) in [5.41, 5.74) is 1.39. The summed E-state index contributed by atoms with van der Waals surface area (Å²) in [5.74, 6) is -0.368. The van der Waals surface area contributed by atoms with Crippen molar-refractivity contribution in [2.75, 3.05) is 19.7 Å². The molecule has 1 aromatic carbocycles. The Morgan fingerprint density at radius 1 is 1.41 bits per heavy atom. The van der Waals surface area contributed by atoms with Gasteiger partial charge < -0.3 is 9.64 Å². The van der Waals surface area contributed by atoms with Crippen molar-refractivity contribution in [1.82, 2.24) is 14.9 Å². The Labute approximate surface area is 127 Å². The fourth-order valence-electron chi connectivity index (χ4n) is 2.46. The van der Waals surface area contributed by atoms with Crippen LogP contribution in [-0.2, 0) is 16.0 Å². The first-order chi connectivity index (χ1) is 10.7. The van der Waals surface area contributed by atoms with E-state index in [9.17, 15) is 9.18 Å². The van der Waals surface area contributed by atoms with Crippen LogP contribution in [0.15, 0.2) is 42.9 Å². The fourth-order valence-corrected chi connectivity index (χ4v) is 2.46.